The van der Waals surface area contributed by atoms with E-state index in [9.17, 15) is 4.79 Å². The van der Waals surface area contributed by atoms with E-state index in [1.54, 1.807) is 0 Å². The van der Waals surface area contributed by atoms with Crippen molar-refractivity contribution in [2.45, 2.75) is 65.0 Å². The molecule has 0 radical (unpaired) electrons. The third kappa shape index (κ3) is 4.59. The first-order valence-electron chi connectivity index (χ1n) is 7.79. The number of rotatable bonds is 4. The van der Waals surface area contributed by atoms with E-state index < -0.39 is 0 Å². The molecule has 2 unspecified atom stereocenters. The minimum absolute atomic E-state index is 0.0821. The van der Waals surface area contributed by atoms with Crippen molar-refractivity contribution in [3.05, 3.63) is 4.88 Å². The molecule has 1 fully saturated rings. The third-order valence-corrected chi connectivity index (χ3v) is 4.87. The van der Waals surface area contributed by atoms with E-state index in [-0.39, 0.29) is 18.0 Å². The first-order chi connectivity index (χ1) is 9.95. The van der Waals surface area contributed by atoms with Crippen LogP contribution in [0.25, 0.3) is 0 Å². The van der Waals surface area contributed by atoms with Crippen molar-refractivity contribution < 1.29 is 4.79 Å². The highest BCUT2D eigenvalue weighted by molar-refractivity contribution is 7.18. The molecule has 2 rings (SSSR count). The number of hydrogen-bond donors (Lipinski definition) is 3. The van der Waals surface area contributed by atoms with Gasteiger partial charge in [0, 0.05) is 12.1 Å². The Labute approximate surface area is 130 Å². The second-order valence-corrected chi connectivity index (χ2v) is 7.32. The van der Waals surface area contributed by atoms with Crippen LogP contribution in [0, 0.1) is 5.92 Å². The normalized spacial score (nSPS) is 22.9. The Balaban J connectivity index is 1.98. The Bertz CT molecular complexity index is 486. The Morgan fingerprint density at radius 3 is 2.81 bits per heavy atom. The molecule has 0 bridgehead atoms. The van der Waals surface area contributed by atoms with Crippen LogP contribution in [0.5, 0.6) is 0 Å². The summed E-state index contributed by atoms with van der Waals surface area (Å²) in [5, 5.41) is 7.02. The zero-order valence-corrected chi connectivity index (χ0v) is 13.9. The van der Waals surface area contributed by atoms with Gasteiger partial charge < -0.3 is 16.4 Å². The molecule has 1 saturated carbocycles. The number of hydrogen-bond acceptors (Lipinski definition) is 5. The van der Waals surface area contributed by atoms with E-state index >= 15 is 0 Å². The van der Waals surface area contributed by atoms with Gasteiger partial charge in [0.15, 0.2) is 5.13 Å². The average molecular weight is 310 g/mol. The predicted octanol–water partition coefficient (Wildman–Crippen LogP) is 3.24. The first kappa shape index (κ1) is 16.1. The number of aromatic nitrogens is 1. The van der Waals surface area contributed by atoms with E-state index in [4.69, 9.17) is 5.73 Å². The Kier molecular flexibility index (Phi) is 5.45. The molecule has 1 aromatic rings. The zero-order chi connectivity index (χ0) is 15.4. The largest absolute Gasteiger partial charge is 0.382 e. The molecule has 0 saturated heterocycles. The molecule has 5 nitrogen and oxygen atoms in total. The maximum atomic E-state index is 12.4. The highest BCUT2D eigenvalue weighted by atomic mass is 32.1. The molecular formula is C15H26N4OS. The summed E-state index contributed by atoms with van der Waals surface area (Å²) < 4.78 is 0. The Morgan fingerprint density at radius 1 is 1.33 bits per heavy atom. The van der Waals surface area contributed by atoms with Crippen molar-refractivity contribution in [3.63, 3.8) is 0 Å². The van der Waals surface area contributed by atoms with Crippen molar-refractivity contribution in [3.8, 4) is 0 Å². The summed E-state index contributed by atoms with van der Waals surface area (Å²) in [4.78, 5) is 17.1. The van der Waals surface area contributed by atoms with Crippen LogP contribution in [0.4, 0.5) is 10.9 Å². The number of nitrogens with two attached hydrogens (primary N) is 1. The zero-order valence-electron chi connectivity index (χ0n) is 13.1. The Hall–Kier alpha value is -1.30. The van der Waals surface area contributed by atoms with Gasteiger partial charge in [-0.15, -0.1) is 0 Å². The van der Waals surface area contributed by atoms with Gasteiger partial charge in [0.05, 0.1) is 0 Å². The lowest BCUT2D eigenvalue weighted by Gasteiger charge is -2.15. The van der Waals surface area contributed by atoms with Crippen LogP contribution >= 0.6 is 11.3 Å². The summed E-state index contributed by atoms with van der Waals surface area (Å²) in [6.45, 7) is 6.35. The number of nitrogen functional groups attached to an aromatic ring is 1. The van der Waals surface area contributed by atoms with Gasteiger partial charge in [0.1, 0.15) is 10.7 Å². The molecule has 1 aliphatic rings. The van der Waals surface area contributed by atoms with E-state index in [0.29, 0.717) is 15.8 Å². The van der Waals surface area contributed by atoms with Crippen LogP contribution in [-0.2, 0) is 0 Å². The van der Waals surface area contributed by atoms with Crippen molar-refractivity contribution in [2.75, 3.05) is 11.1 Å². The van der Waals surface area contributed by atoms with E-state index in [1.807, 2.05) is 13.8 Å². The lowest BCUT2D eigenvalue weighted by atomic mass is 10.0. The third-order valence-electron chi connectivity index (χ3n) is 3.86. The molecule has 6 heteroatoms. The monoisotopic (exact) mass is 310 g/mol. The number of thiazole rings is 1. The number of carbonyl (C=O) groups excluding carboxylic acids is 1. The highest BCUT2D eigenvalue weighted by Crippen LogP contribution is 2.27. The molecule has 118 valence electrons. The van der Waals surface area contributed by atoms with Crippen LogP contribution < -0.4 is 16.4 Å². The molecule has 1 amide bonds. The van der Waals surface area contributed by atoms with Crippen molar-refractivity contribution in [1.82, 2.24) is 10.3 Å². The predicted molar refractivity (Wildman–Crippen MR) is 88.8 cm³/mol. The fourth-order valence-corrected chi connectivity index (χ4v) is 3.62. The minimum atomic E-state index is -0.0821. The average Bonchev–Trinajstić information content (AvgIpc) is 2.62. The van der Waals surface area contributed by atoms with E-state index in [1.165, 1.54) is 30.6 Å². The van der Waals surface area contributed by atoms with Crippen molar-refractivity contribution >= 4 is 28.2 Å². The number of carbonyl (C=O) groups is 1. The molecule has 4 N–H and O–H groups in total. The lowest BCUT2D eigenvalue weighted by Crippen LogP contribution is -2.34. The summed E-state index contributed by atoms with van der Waals surface area (Å²) in [6, 6.07) is 0.542. The summed E-state index contributed by atoms with van der Waals surface area (Å²) in [5.74, 6) is 1.01. The smallest absolute Gasteiger partial charge is 0.265 e. The minimum Gasteiger partial charge on any atom is -0.382 e. The number of nitrogens with zero attached hydrogens (tertiary/aromatic N) is 1. The van der Waals surface area contributed by atoms with Gasteiger partial charge in [0.25, 0.3) is 5.91 Å². The van der Waals surface area contributed by atoms with Gasteiger partial charge >= 0.3 is 0 Å². The molecule has 1 heterocycles. The number of nitrogens with one attached hydrogen (secondary N) is 2. The molecule has 2 atom stereocenters. The van der Waals surface area contributed by atoms with Crippen molar-refractivity contribution in [2.24, 2.45) is 5.92 Å². The molecule has 0 spiro atoms. The SMILES string of the molecule is CC1CCCC(NC(=O)c2sc(NC(C)C)nc2N)CC1. The Morgan fingerprint density at radius 2 is 2.10 bits per heavy atom. The molecule has 0 aromatic carbocycles. The molecule has 1 aromatic heterocycles. The first-order valence-corrected chi connectivity index (χ1v) is 8.61. The molecule has 21 heavy (non-hydrogen) atoms. The maximum absolute atomic E-state index is 12.4. The van der Waals surface area contributed by atoms with Crippen LogP contribution in [0.3, 0.4) is 0 Å². The van der Waals surface area contributed by atoms with E-state index in [0.717, 1.165) is 18.8 Å². The number of anilines is 2. The van der Waals surface area contributed by atoms with Crippen LogP contribution in [0.2, 0.25) is 0 Å². The van der Waals surface area contributed by atoms with Crippen LogP contribution in [-0.4, -0.2) is 23.0 Å². The maximum Gasteiger partial charge on any atom is 0.265 e. The van der Waals surface area contributed by atoms with Crippen LogP contribution in [0.15, 0.2) is 0 Å². The quantitative estimate of drug-likeness (QED) is 0.746. The standard InChI is InChI=1S/C15H26N4OS/c1-9(2)17-15-19-13(16)12(21-15)14(20)18-11-6-4-5-10(3)7-8-11/h9-11H,4-8,16H2,1-3H3,(H,17,19)(H,18,20). The van der Waals surface area contributed by atoms with Crippen LogP contribution in [0.1, 0.15) is 62.5 Å². The van der Waals surface area contributed by atoms with Gasteiger partial charge in [0.2, 0.25) is 0 Å². The number of amides is 1. The summed E-state index contributed by atoms with van der Waals surface area (Å²) in [6.07, 6.45) is 5.75. The fraction of sp³-hybridized carbons (Fsp3) is 0.733. The molecule has 0 aliphatic heterocycles. The molecule has 1 aliphatic carbocycles. The van der Waals surface area contributed by atoms with E-state index in [2.05, 4.69) is 22.5 Å². The van der Waals surface area contributed by atoms with Gasteiger partial charge in [-0.3, -0.25) is 4.79 Å². The molecular weight excluding hydrogens is 284 g/mol. The second kappa shape index (κ2) is 7.11. The van der Waals surface area contributed by atoms with Crippen molar-refractivity contribution in [1.29, 1.82) is 0 Å². The summed E-state index contributed by atoms with van der Waals surface area (Å²) in [7, 11) is 0. The van der Waals surface area contributed by atoms with Gasteiger partial charge in [-0.2, -0.15) is 0 Å². The summed E-state index contributed by atoms with van der Waals surface area (Å²) >= 11 is 1.33. The van der Waals surface area contributed by atoms with Gasteiger partial charge in [-0.05, 0) is 39.0 Å². The lowest BCUT2D eigenvalue weighted by molar-refractivity contribution is 0.0938. The second-order valence-electron chi connectivity index (χ2n) is 6.32. The van der Waals surface area contributed by atoms with Gasteiger partial charge in [-0.1, -0.05) is 31.1 Å². The summed E-state index contributed by atoms with van der Waals surface area (Å²) in [5.41, 5.74) is 5.87. The highest BCUT2D eigenvalue weighted by Gasteiger charge is 2.22. The fourth-order valence-electron chi connectivity index (χ4n) is 2.69. The van der Waals surface area contributed by atoms with Gasteiger partial charge in [-0.25, -0.2) is 4.98 Å². The topological polar surface area (TPSA) is 80.0 Å².